The van der Waals surface area contributed by atoms with Crippen LogP contribution < -0.4 is 0 Å². The van der Waals surface area contributed by atoms with Crippen LogP contribution in [0, 0.1) is 37.5 Å². The minimum atomic E-state index is -1.58. The van der Waals surface area contributed by atoms with E-state index in [9.17, 15) is 50.1 Å². The summed E-state index contributed by atoms with van der Waals surface area (Å²) in [6.45, 7) is 21.8. The summed E-state index contributed by atoms with van der Waals surface area (Å²) in [5, 5.41) is 76.8. The molecule has 0 saturated carbocycles. The number of aromatic hydroxyl groups is 2. The van der Waals surface area contributed by atoms with Gasteiger partial charge in [0.1, 0.15) is 40.2 Å². The van der Waals surface area contributed by atoms with Gasteiger partial charge in [-0.05, 0) is 110 Å². The van der Waals surface area contributed by atoms with Crippen molar-refractivity contribution in [1.82, 2.24) is 0 Å². The number of benzene rings is 1. The van der Waals surface area contributed by atoms with E-state index < -0.39 is 114 Å². The van der Waals surface area contributed by atoms with Crippen molar-refractivity contribution in [1.29, 1.82) is 0 Å². The van der Waals surface area contributed by atoms with Gasteiger partial charge in [0.25, 0.3) is 0 Å². The van der Waals surface area contributed by atoms with E-state index in [0.29, 0.717) is 18.4 Å². The number of hydrogen-bond donors (Lipinski definition) is 7. The van der Waals surface area contributed by atoms with Gasteiger partial charge in [-0.3, -0.25) is 9.59 Å². The maximum absolute atomic E-state index is 14.1. The number of aliphatic hydroxyl groups excluding tert-OH is 5. The molecule has 70 heavy (non-hydrogen) atoms. The molecule has 14 atom stereocenters. The van der Waals surface area contributed by atoms with E-state index in [4.69, 9.17) is 40.0 Å². The molecule has 392 valence electrons. The van der Waals surface area contributed by atoms with E-state index in [1.165, 1.54) is 13.8 Å². The fourth-order valence-electron chi connectivity index (χ4n) is 8.82. The van der Waals surface area contributed by atoms with Crippen molar-refractivity contribution in [2.75, 3.05) is 6.61 Å². The first-order valence-electron chi connectivity index (χ1n) is 24.2. The van der Waals surface area contributed by atoms with Gasteiger partial charge in [0.2, 0.25) is 0 Å². The molecule has 14 unspecified atom stereocenters. The van der Waals surface area contributed by atoms with Crippen molar-refractivity contribution >= 4 is 29.3 Å². The SMILES string of the molecule is CCC1/C=C(\C)C(O)C/C=C/C=C(\COC2OC(C)C(OC(=O)c3c(C)c(C)c(O)c(Cl)c3O)C(O)C2C)C(=O)CC(C(C)O)C/C=C(C)/C=C(\C)C1OC1OC(C)(C)C(OC(=O)C(C)C)C(O)C1O. The highest BCUT2D eigenvalue weighted by Gasteiger charge is 2.53. The number of halogens is 1. The van der Waals surface area contributed by atoms with E-state index in [1.54, 1.807) is 73.6 Å². The van der Waals surface area contributed by atoms with Crippen LogP contribution in [0.3, 0.4) is 0 Å². The lowest BCUT2D eigenvalue weighted by Gasteiger charge is -2.47. The highest BCUT2D eigenvalue weighted by molar-refractivity contribution is 6.34. The number of aliphatic hydroxyl groups is 5. The van der Waals surface area contributed by atoms with Crippen LogP contribution in [0.5, 0.6) is 11.5 Å². The van der Waals surface area contributed by atoms with Gasteiger partial charge in [-0.25, -0.2) is 4.79 Å². The summed E-state index contributed by atoms with van der Waals surface area (Å²) in [5.74, 6) is -4.98. The molecule has 4 rings (SSSR count). The Balaban J connectivity index is 1.59. The molecule has 2 saturated heterocycles. The van der Waals surface area contributed by atoms with E-state index in [0.717, 1.165) is 11.1 Å². The summed E-state index contributed by atoms with van der Waals surface area (Å²) >= 11 is 6.07. The number of esters is 2. The number of ether oxygens (including phenoxy) is 6. The minimum absolute atomic E-state index is 0.0606. The van der Waals surface area contributed by atoms with E-state index in [-0.39, 0.29) is 59.2 Å². The summed E-state index contributed by atoms with van der Waals surface area (Å²) in [5.41, 5.74) is 1.42. The Morgan fingerprint density at radius 2 is 1.56 bits per heavy atom. The number of carbonyl (C=O) groups excluding carboxylic acids is 3. The molecule has 0 amide bonds. The first kappa shape index (κ1) is 58.6. The monoisotopic (exact) mass is 1000 g/mol. The van der Waals surface area contributed by atoms with Crippen LogP contribution in [-0.2, 0) is 38.0 Å². The zero-order valence-electron chi connectivity index (χ0n) is 42.8. The number of allylic oxidation sites excluding steroid dienone is 5. The average Bonchev–Trinajstić information content (AvgIpc) is 3.29. The lowest BCUT2D eigenvalue weighted by Crippen LogP contribution is -2.64. The molecule has 1 aliphatic carbocycles. The summed E-state index contributed by atoms with van der Waals surface area (Å²) in [7, 11) is 0. The molecule has 0 bridgehead atoms. The molecule has 16 nitrogen and oxygen atoms in total. The normalized spacial score (nSPS) is 35.6. The summed E-state index contributed by atoms with van der Waals surface area (Å²) < 4.78 is 36.4. The minimum Gasteiger partial charge on any atom is -0.506 e. The number of carbonyl (C=O) groups is 3. The molecule has 0 aromatic heterocycles. The van der Waals surface area contributed by atoms with Crippen LogP contribution in [0.2, 0.25) is 5.02 Å². The van der Waals surface area contributed by atoms with Gasteiger partial charge < -0.3 is 64.2 Å². The molecule has 1 aromatic carbocycles. The van der Waals surface area contributed by atoms with Gasteiger partial charge >= 0.3 is 11.9 Å². The van der Waals surface area contributed by atoms with Gasteiger partial charge in [-0.2, -0.15) is 0 Å². The Kier molecular flexibility index (Phi) is 21.1. The van der Waals surface area contributed by atoms with Crippen LogP contribution in [0.15, 0.2) is 58.7 Å². The maximum Gasteiger partial charge on any atom is 0.342 e. The fourth-order valence-corrected chi connectivity index (χ4v) is 9.06. The van der Waals surface area contributed by atoms with Gasteiger partial charge in [0, 0.05) is 23.8 Å². The Morgan fingerprint density at radius 3 is 2.17 bits per heavy atom. The summed E-state index contributed by atoms with van der Waals surface area (Å²) in [6, 6.07) is 0. The Labute approximate surface area is 417 Å². The predicted molar refractivity (Wildman–Crippen MR) is 262 cm³/mol. The number of phenols is 2. The molecule has 0 radical (unpaired) electrons. The lowest BCUT2D eigenvalue weighted by atomic mass is 9.87. The molecule has 2 aliphatic heterocycles. The quantitative estimate of drug-likeness (QED) is 0.0878. The first-order chi connectivity index (χ1) is 32.6. The van der Waals surface area contributed by atoms with Crippen LogP contribution in [0.4, 0.5) is 0 Å². The maximum atomic E-state index is 14.1. The Bertz CT molecular complexity index is 2140. The van der Waals surface area contributed by atoms with Crippen molar-refractivity contribution in [2.45, 2.75) is 189 Å². The van der Waals surface area contributed by atoms with E-state index in [1.807, 2.05) is 39.0 Å². The fraction of sp³-hybridized carbons (Fsp3) is 0.642. The van der Waals surface area contributed by atoms with Gasteiger partial charge in [-0.15, -0.1) is 0 Å². The average molecular weight is 1010 g/mol. The van der Waals surface area contributed by atoms with Gasteiger partial charge in [0.15, 0.2) is 36.3 Å². The largest absolute Gasteiger partial charge is 0.506 e. The second-order valence-electron chi connectivity index (χ2n) is 20.1. The summed E-state index contributed by atoms with van der Waals surface area (Å²) in [6.07, 6.45) is -0.982. The number of hydrogen-bond acceptors (Lipinski definition) is 16. The smallest absolute Gasteiger partial charge is 0.342 e. The predicted octanol–water partition coefficient (Wildman–Crippen LogP) is 6.92. The zero-order chi connectivity index (χ0) is 52.7. The third-order valence-corrected chi connectivity index (χ3v) is 14.1. The van der Waals surface area contributed by atoms with Crippen LogP contribution in [0.25, 0.3) is 0 Å². The number of Topliss-reactive ketones (excluding diaryl/α,β-unsaturated/α-hetero) is 1. The van der Waals surface area contributed by atoms with E-state index in [2.05, 4.69) is 0 Å². The molecular weight excluding hydrogens is 928 g/mol. The molecular formula is C53H77ClO16. The molecule has 3 aliphatic rings. The number of rotatable bonds is 11. The number of ketones is 1. The third-order valence-electron chi connectivity index (χ3n) is 13.7. The second kappa shape index (κ2) is 25.1. The van der Waals surface area contributed by atoms with Crippen molar-refractivity contribution < 1.29 is 78.6 Å². The third kappa shape index (κ3) is 14.2. The molecule has 2 heterocycles. The van der Waals surface area contributed by atoms with Crippen LogP contribution >= 0.6 is 11.6 Å². The second-order valence-corrected chi connectivity index (χ2v) is 20.4. The molecule has 0 spiro atoms. The van der Waals surface area contributed by atoms with Crippen molar-refractivity contribution in [3.8, 4) is 11.5 Å². The van der Waals surface area contributed by atoms with E-state index >= 15 is 0 Å². The molecule has 17 heteroatoms. The van der Waals surface area contributed by atoms with Crippen molar-refractivity contribution in [3.63, 3.8) is 0 Å². The van der Waals surface area contributed by atoms with Crippen molar-refractivity contribution in [3.05, 3.63) is 80.5 Å². The standard InChI is InChI=1S/C53H77ClO16/c1-14-34-22-27(5)37(56)18-16-15-17-36(24-65-51-31(9)42(59)47(33(11)66-51)67-50(64)39-29(7)30(8)41(58)40(54)43(39)60)38(57)23-35(32(10)55)20-19-26(4)21-28(6)46(34)68-52-45(62)44(61)48(53(12,13)70-52)69-49(63)25(2)3/h15-17,19,21-22,25,31-35,37,42,44-48,51-52,55-56,58-62H,14,18,20,23-24H2,1-13H3/b16-15+,26-19+,27-22+,28-21+,36-17+. The molecule has 7 N–H and O–H groups in total. The topological polar surface area (TPSA) is 248 Å². The van der Waals surface area contributed by atoms with Crippen LogP contribution in [-0.4, -0.2) is 133 Å². The molecule has 1 aromatic rings. The number of phenolic OH excluding ortho intramolecular Hbond substituents is 2. The zero-order valence-corrected chi connectivity index (χ0v) is 43.6. The summed E-state index contributed by atoms with van der Waals surface area (Å²) in [4.78, 5) is 40.0. The lowest BCUT2D eigenvalue weighted by molar-refractivity contribution is -0.333. The Morgan fingerprint density at radius 1 is 0.900 bits per heavy atom. The van der Waals surface area contributed by atoms with Crippen molar-refractivity contribution in [2.24, 2.45) is 23.7 Å². The molecule has 2 fully saturated rings. The van der Waals surface area contributed by atoms with Crippen LogP contribution in [0.1, 0.15) is 123 Å². The van der Waals surface area contributed by atoms with Gasteiger partial charge in [0.05, 0.1) is 36.9 Å². The Hall–Kier alpha value is -3.94. The van der Waals surface area contributed by atoms with Gasteiger partial charge in [-0.1, -0.05) is 81.3 Å². The highest BCUT2D eigenvalue weighted by atomic mass is 35.5. The highest BCUT2D eigenvalue weighted by Crippen LogP contribution is 2.42. The first-order valence-corrected chi connectivity index (χ1v) is 24.6.